The molecule has 0 fully saturated rings. The molecule has 5 nitrogen and oxygen atoms in total. The first-order chi connectivity index (χ1) is 6.76. The summed E-state index contributed by atoms with van der Waals surface area (Å²) >= 11 is 0. The van der Waals surface area contributed by atoms with Gasteiger partial charge in [-0.15, -0.1) is 0 Å². The number of aliphatic hydroxyl groups is 1. The molecular formula is C9H11N3O2. The summed E-state index contributed by atoms with van der Waals surface area (Å²) in [7, 11) is 3.38. The summed E-state index contributed by atoms with van der Waals surface area (Å²) in [5.74, 6) is 1.14. The summed E-state index contributed by atoms with van der Waals surface area (Å²) in [6.45, 7) is -0.0881. The van der Waals surface area contributed by atoms with Gasteiger partial charge in [-0.05, 0) is 6.07 Å². The first kappa shape index (κ1) is 8.96. The first-order valence-electron chi connectivity index (χ1n) is 4.23. The van der Waals surface area contributed by atoms with Crippen molar-refractivity contribution in [2.45, 2.75) is 6.61 Å². The van der Waals surface area contributed by atoms with Crippen LogP contribution in [0.25, 0.3) is 11.2 Å². The van der Waals surface area contributed by atoms with Crippen molar-refractivity contribution in [3.63, 3.8) is 0 Å². The highest BCUT2D eigenvalue weighted by molar-refractivity contribution is 5.72. The molecule has 0 aromatic carbocycles. The lowest BCUT2D eigenvalue weighted by atomic mass is 10.4. The van der Waals surface area contributed by atoms with Crippen molar-refractivity contribution in [1.29, 1.82) is 0 Å². The number of ether oxygens (including phenoxy) is 1. The van der Waals surface area contributed by atoms with Crippen LogP contribution in [0.1, 0.15) is 5.82 Å². The molecule has 74 valence electrons. The Labute approximate surface area is 81.0 Å². The second-order valence-electron chi connectivity index (χ2n) is 2.94. The minimum absolute atomic E-state index is 0.0881. The normalized spacial score (nSPS) is 10.8. The van der Waals surface area contributed by atoms with E-state index in [1.54, 1.807) is 17.7 Å². The Morgan fingerprint density at radius 1 is 1.43 bits per heavy atom. The molecule has 2 aromatic heterocycles. The third-order valence-electron chi connectivity index (χ3n) is 2.13. The lowest BCUT2D eigenvalue weighted by molar-refractivity contribution is 0.268. The van der Waals surface area contributed by atoms with Crippen molar-refractivity contribution in [3.05, 3.63) is 18.0 Å². The van der Waals surface area contributed by atoms with Crippen LogP contribution in [-0.4, -0.2) is 26.8 Å². The van der Waals surface area contributed by atoms with E-state index in [2.05, 4.69) is 9.97 Å². The molecular weight excluding hydrogens is 182 g/mol. The summed E-state index contributed by atoms with van der Waals surface area (Å²) in [4.78, 5) is 8.43. The van der Waals surface area contributed by atoms with Gasteiger partial charge in [0.15, 0.2) is 5.65 Å². The zero-order valence-electron chi connectivity index (χ0n) is 8.06. The van der Waals surface area contributed by atoms with Gasteiger partial charge < -0.3 is 14.4 Å². The van der Waals surface area contributed by atoms with Crippen molar-refractivity contribution >= 4 is 11.2 Å². The lowest BCUT2D eigenvalue weighted by Gasteiger charge is -1.99. The molecule has 0 aliphatic carbocycles. The number of fused-ring (bicyclic) bond motifs is 1. The maximum Gasteiger partial charge on any atom is 0.215 e. The van der Waals surface area contributed by atoms with E-state index < -0.39 is 0 Å². The quantitative estimate of drug-likeness (QED) is 0.753. The average molecular weight is 193 g/mol. The van der Waals surface area contributed by atoms with Crippen LogP contribution in [0, 0.1) is 0 Å². The SMILES string of the molecule is COc1ccc2nc(CO)n(C)c2n1. The second-order valence-corrected chi connectivity index (χ2v) is 2.94. The highest BCUT2D eigenvalue weighted by atomic mass is 16.5. The smallest absolute Gasteiger partial charge is 0.215 e. The molecule has 0 aliphatic heterocycles. The topological polar surface area (TPSA) is 60.2 Å². The van der Waals surface area contributed by atoms with E-state index in [9.17, 15) is 0 Å². The fourth-order valence-electron chi connectivity index (χ4n) is 1.35. The average Bonchev–Trinajstić information content (AvgIpc) is 2.55. The summed E-state index contributed by atoms with van der Waals surface area (Å²) in [5, 5.41) is 9.00. The number of hydrogen-bond acceptors (Lipinski definition) is 4. The molecule has 2 rings (SSSR count). The summed E-state index contributed by atoms with van der Waals surface area (Å²) < 4.78 is 6.75. The van der Waals surface area contributed by atoms with Crippen molar-refractivity contribution in [2.75, 3.05) is 7.11 Å². The number of imidazole rings is 1. The van der Waals surface area contributed by atoms with Gasteiger partial charge in [0.1, 0.15) is 17.9 Å². The van der Waals surface area contributed by atoms with Crippen LogP contribution in [0.4, 0.5) is 0 Å². The zero-order valence-corrected chi connectivity index (χ0v) is 8.06. The van der Waals surface area contributed by atoms with Crippen molar-refractivity contribution in [3.8, 4) is 5.88 Å². The Morgan fingerprint density at radius 2 is 2.21 bits per heavy atom. The molecule has 14 heavy (non-hydrogen) atoms. The van der Waals surface area contributed by atoms with Crippen LogP contribution < -0.4 is 4.74 Å². The molecule has 2 aromatic rings. The van der Waals surface area contributed by atoms with Crippen LogP contribution >= 0.6 is 0 Å². The molecule has 2 heterocycles. The van der Waals surface area contributed by atoms with E-state index in [0.29, 0.717) is 17.4 Å². The van der Waals surface area contributed by atoms with Gasteiger partial charge in [0.05, 0.1) is 7.11 Å². The molecule has 0 spiro atoms. The Morgan fingerprint density at radius 3 is 2.86 bits per heavy atom. The minimum Gasteiger partial charge on any atom is -0.481 e. The number of nitrogens with zero attached hydrogens (tertiary/aromatic N) is 3. The number of aliphatic hydroxyl groups excluding tert-OH is 1. The van der Waals surface area contributed by atoms with E-state index in [1.807, 2.05) is 13.1 Å². The number of rotatable bonds is 2. The molecule has 0 radical (unpaired) electrons. The standard InChI is InChI=1S/C9H11N3O2/c1-12-7(5-13)10-6-3-4-8(14-2)11-9(6)12/h3-4,13H,5H2,1-2H3. The van der Waals surface area contributed by atoms with E-state index in [0.717, 1.165) is 5.52 Å². The molecule has 0 unspecified atom stereocenters. The predicted octanol–water partition coefficient (Wildman–Crippen LogP) is 0.469. The number of hydrogen-bond donors (Lipinski definition) is 1. The van der Waals surface area contributed by atoms with Gasteiger partial charge in [-0.25, -0.2) is 4.98 Å². The van der Waals surface area contributed by atoms with E-state index in [1.165, 1.54) is 0 Å². The Hall–Kier alpha value is -1.62. The number of aryl methyl sites for hydroxylation is 1. The third-order valence-corrected chi connectivity index (χ3v) is 2.13. The van der Waals surface area contributed by atoms with Crippen molar-refractivity contribution in [1.82, 2.24) is 14.5 Å². The van der Waals surface area contributed by atoms with Crippen molar-refractivity contribution < 1.29 is 9.84 Å². The monoisotopic (exact) mass is 193 g/mol. The predicted molar refractivity (Wildman–Crippen MR) is 51.0 cm³/mol. The van der Waals surface area contributed by atoms with Crippen LogP contribution in [0.15, 0.2) is 12.1 Å². The first-order valence-corrected chi connectivity index (χ1v) is 4.23. The van der Waals surface area contributed by atoms with Gasteiger partial charge in [0.2, 0.25) is 5.88 Å². The van der Waals surface area contributed by atoms with Gasteiger partial charge >= 0.3 is 0 Å². The second kappa shape index (κ2) is 3.26. The lowest BCUT2D eigenvalue weighted by Crippen LogP contribution is -1.98. The van der Waals surface area contributed by atoms with Crippen LogP contribution in [-0.2, 0) is 13.7 Å². The van der Waals surface area contributed by atoms with E-state index >= 15 is 0 Å². The van der Waals surface area contributed by atoms with E-state index in [4.69, 9.17) is 9.84 Å². The highest BCUT2D eigenvalue weighted by Crippen LogP contribution is 2.16. The number of aromatic nitrogens is 3. The van der Waals surface area contributed by atoms with Gasteiger partial charge in [-0.2, -0.15) is 4.98 Å². The number of pyridine rings is 1. The number of methoxy groups -OCH3 is 1. The summed E-state index contributed by atoms with van der Waals surface area (Å²) in [6.07, 6.45) is 0. The van der Waals surface area contributed by atoms with Gasteiger partial charge in [-0.1, -0.05) is 0 Å². The molecule has 0 aliphatic rings. The Kier molecular flexibility index (Phi) is 2.09. The maximum atomic E-state index is 9.00. The Bertz CT molecular complexity index is 464. The molecule has 0 saturated heterocycles. The third kappa shape index (κ3) is 1.22. The molecule has 1 N–H and O–H groups in total. The van der Waals surface area contributed by atoms with Crippen LogP contribution in [0.3, 0.4) is 0 Å². The van der Waals surface area contributed by atoms with Crippen LogP contribution in [0.5, 0.6) is 5.88 Å². The molecule has 0 atom stereocenters. The van der Waals surface area contributed by atoms with Gasteiger partial charge in [0, 0.05) is 13.1 Å². The highest BCUT2D eigenvalue weighted by Gasteiger charge is 2.08. The van der Waals surface area contributed by atoms with Gasteiger partial charge in [0.25, 0.3) is 0 Å². The van der Waals surface area contributed by atoms with Crippen LogP contribution in [0.2, 0.25) is 0 Å². The zero-order chi connectivity index (χ0) is 10.1. The molecule has 5 heteroatoms. The minimum atomic E-state index is -0.0881. The summed E-state index contributed by atoms with van der Waals surface area (Å²) in [6, 6.07) is 3.57. The molecule has 0 amide bonds. The Balaban J connectivity index is 2.68. The van der Waals surface area contributed by atoms with Gasteiger partial charge in [-0.3, -0.25) is 0 Å². The van der Waals surface area contributed by atoms with Crippen molar-refractivity contribution in [2.24, 2.45) is 7.05 Å². The molecule has 0 saturated carbocycles. The van der Waals surface area contributed by atoms with E-state index in [-0.39, 0.29) is 6.61 Å². The fraction of sp³-hybridized carbons (Fsp3) is 0.333. The largest absolute Gasteiger partial charge is 0.481 e. The maximum absolute atomic E-state index is 9.00. The molecule has 0 bridgehead atoms. The summed E-state index contributed by atoms with van der Waals surface area (Å²) in [5.41, 5.74) is 1.48. The fourth-order valence-corrected chi connectivity index (χ4v) is 1.35.